The first kappa shape index (κ1) is 23.2. The van der Waals surface area contributed by atoms with Crippen LogP contribution in [0.3, 0.4) is 0 Å². The van der Waals surface area contributed by atoms with Crippen molar-refractivity contribution in [2.75, 3.05) is 14.2 Å². The molecular formula is C24H23N5O4. The molecule has 0 unspecified atom stereocenters. The first-order valence-electron chi connectivity index (χ1n) is 9.97. The molecule has 0 saturated heterocycles. The second-order valence-corrected chi connectivity index (χ2v) is 7.26. The highest BCUT2D eigenvalue weighted by Crippen LogP contribution is 2.26. The molecule has 0 bridgehead atoms. The Kier molecular flexibility index (Phi) is 6.88. The van der Waals surface area contributed by atoms with E-state index in [0.29, 0.717) is 22.7 Å². The quantitative estimate of drug-likeness (QED) is 0.460. The third-order valence-electron chi connectivity index (χ3n) is 5.19. The number of aromatic nitrogens is 2. The molecule has 0 spiro atoms. The fourth-order valence-electron chi connectivity index (χ4n) is 3.14. The minimum absolute atomic E-state index is 0.0751. The smallest absolute Gasteiger partial charge is 0.292 e. The van der Waals surface area contributed by atoms with E-state index in [2.05, 4.69) is 15.6 Å². The highest BCUT2D eigenvalue weighted by molar-refractivity contribution is 5.94. The van der Waals surface area contributed by atoms with E-state index in [1.54, 1.807) is 30.3 Å². The van der Waals surface area contributed by atoms with Crippen molar-refractivity contribution in [2.24, 2.45) is 5.10 Å². The van der Waals surface area contributed by atoms with Crippen LogP contribution < -0.4 is 20.5 Å². The highest BCUT2D eigenvalue weighted by Gasteiger charge is 2.20. The Morgan fingerprint density at radius 3 is 2.45 bits per heavy atom. The first-order chi connectivity index (χ1) is 15.8. The monoisotopic (exact) mass is 445 g/mol. The second-order valence-electron chi connectivity index (χ2n) is 7.26. The van der Waals surface area contributed by atoms with Crippen LogP contribution in [0.15, 0.2) is 46.3 Å². The Balaban J connectivity index is 1.94. The summed E-state index contributed by atoms with van der Waals surface area (Å²) in [7, 11) is 3.06. The lowest BCUT2D eigenvalue weighted by atomic mass is 10.1. The summed E-state index contributed by atoms with van der Waals surface area (Å²) < 4.78 is 11.5. The number of benzene rings is 2. The fraction of sp³-hybridized carbons (Fsp3) is 0.208. The first-order valence-corrected chi connectivity index (χ1v) is 9.97. The summed E-state index contributed by atoms with van der Waals surface area (Å²) in [5, 5.41) is 17.7. The van der Waals surface area contributed by atoms with Gasteiger partial charge >= 0.3 is 0 Å². The summed E-state index contributed by atoms with van der Waals surface area (Å²) in [5.41, 5.74) is 4.87. The molecule has 3 aromatic rings. The minimum atomic E-state index is -0.654. The minimum Gasteiger partial charge on any atom is -0.493 e. The van der Waals surface area contributed by atoms with Crippen LogP contribution >= 0.6 is 0 Å². The number of nitrogens with zero attached hydrogens (tertiary/aromatic N) is 4. The van der Waals surface area contributed by atoms with Crippen LogP contribution in [0.2, 0.25) is 0 Å². The zero-order valence-corrected chi connectivity index (χ0v) is 19.0. The van der Waals surface area contributed by atoms with Gasteiger partial charge in [0.15, 0.2) is 17.2 Å². The van der Waals surface area contributed by atoms with Gasteiger partial charge in [0, 0.05) is 5.56 Å². The number of rotatable bonds is 6. The molecule has 33 heavy (non-hydrogen) atoms. The molecule has 0 atom stereocenters. The van der Waals surface area contributed by atoms with Crippen LogP contribution in [0.4, 0.5) is 0 Å². The van der Waals surface area contributed by atoms with Crippen molar-refractivity contribution >= 4 is 12.1 Å². The molecule has 0 fully saturated rings. The van der Waals surface area contributed by atoms with Gasteiger partial charge < -0.3 is 9.47 Å². The molecule has 0 radical (unpaired) electrons. The van der Waals surface area contributed by atoms with Crippen molar-refractivity contribution in [3.63, 3.8) is 0 Å². The lowest BCUT2D eigenvalue weighted by Gasteiger charge is -2.12. The van der Waals surface area contributed by atoms with Gasteiger partial charge in [-0.3, -0.25) is 9.59 Å². The normalized spacial score (nSPS) is 10.7. The number of carbonyl (C=O) groups is 1. The van der Waals surface area contributed by atoms with E-state index in [1.165, 1.54) is 27.4 Å². The zero-order chi connectivity index (χ0) is 24.1. The molecule has 2 aromatic carbocycles. The van der Waals surface area contributed by atoms with E-state index in [1.807, 2.05) is 26.0 Å². The van der Waals surface area contributed by atoms with Crippen molar-refractivity contribution in [3.05, 3.63) is 80.3 Å². The van der Waals surface area contributed by atoms with Crippen LogP contribution in [0.5, 0.6) is 11.5 Å². The molecule has 168 valence electrons. The highest BCUT2D eigenvalue weighted by atomic mass is 16.5. The molecule has 1 amide bonds. The summed E-state index contributed by atoms with van der Waals surface area (Å²) in [6, 6.07) is 12.4. The van der Waals surface area contributed by atoms with Crippen LogP contribution in [0, 0.1) is 32.1 Å². The maximum Gasteiger partial charge on any atom is 0.292 e. The summed E-state index contributed by atoms with van der Waals surface area (Å²) in [6.07, 6.45) is 1.43. The predicted octanol–water partition coefficient (Wildman–Crippen LogP) is 2.81. The van der Waals surface area contributed by atoms with Gasteiger partial charge in [0.05, 0.1) is 26.1 Å². The van der Waals surface area contributed by atoms with E-state index in [4.69, 9.17) is 9.47 Å². The molecule has 0 aliphatic rings. The number of aryl methyl sites for hydroxylation is 2. The Labute approximate surface area is 190 Å². The lowest BCUT2D eigenvalue weighted by Crippen LogP contribution is -2.31. The van der Waals surface area contributed by atoms with Crippen molar-refractivity contribution in [1.82, 2.24) is 15.2 Å². The van der Waals surface area contributed by atoms with E-state index in [9.17, 15) is 14.9 Å². The van der Waals surface area contributed by atoms with Gasteiger partial charge in [0.1, 0.15) is 11.6 Å². The molecule has 1 heterocycles. The van der Waals surface area contributed by atoms with Crippen LogP contribution in [-0.2, 0) is 0 Å². The van der Waals surface area contributed by atoms with Crippen LogP contribution in [-0.4, -0.2) is 36.1 Å². The molecule has 0 aliphatic carbocycles. The number of hydrogen-bond donors (Lipinski definition) is 1. The van der Waals surface area contributed by atoms with Gasteiger partial charge in [-0.05, 0) is 67.8 Å². The molecule has 0 aliphatic heterocycles. The van der Waals surface area contributed by atoms with E-state index in [-0.39, 0.29) is 16.8 Å². The standard InChI is InChI=1S/C24H23N5O4/c1-14-6-8-18(10-15(14)2)29-24(31)19(12-25)16(3)22(28-29)23(30)27-26-13-17-7-9-20(32-4)21(11-17)33-5/h6-11,13H,1-5H3,(H,27,30)/b26-13+. The molecule has 9 nitrogen and oxygen atoms in total. The molecule has 1 N–H and O–H groups in total. The number of nitrogens with one attached hydrogen (secondary N) is 1. The summed E-state index contributed by atoms with van der Waals surface area (Å²) in [5.74, 6) is 0.430. The van der Waals surface area contributed by atoms with Gasteiger partial charge in [0.2, 0.25) is 0 Å². The van der Waals surface area contributed by atoms with Gasteiger partial charge in [-0.15, -0.1) is 0 Å². The zero-order valence-electron chi connectivity index (χ0n) is 19.0. The number of amides is 1. The molecular weight excluding hydrogens is 422 g/mol. The third kappa shape index (κ3) is 4.75. The predicted molar refractivity (Wildman–Crippen MR) is 123 cm³/mol. The average Bonchev–Trinajstić information content (AvgIpc) is 2.81. The molecule has 0 saturated carbocycles. The van der Waals surface area contributed by atoms with E-state index < -0.39 is 11.5 Å². The Morgan fingerprint density at radius 1 is 1.09 bits per heavy atom. The summed E-state index contributed by atoms with van der Waals surface area (Å²) in [4.78, 5) is 25.6. The number of nitriles is 1. The van der Waals surface area contributed by atoms with Crippen LogP contribution in [0.25, 0.3) is 5.69 Å². The van der Waals surface area contributed by atoms with Gasteiger partial charge in [-0.1, -0.05) is 6.07 Å². The van der Waals surface area contributed by atoms with Crippen molar-refractivity contribution < 1.29 is 14.3 Å². The number of methoxy groups -OCH3 is 2. The van der Waals surface area contributed by atoms with Gasteiger partial charge in [-0.25, -0.2) is 5.43 Å². The maximum atomic E-state index is 12.8. The third-order valence-corrected chi connectivity index (χ3v) is 5.19. The Morgan fingerprint density at radius 2 is 1.82 bits per heavy atom. The van der Waals surface area contributed by atoms with Crippen LogP contribution in [0.1, 0.15) is 38.3 Å². The number of ether oxygens (including phenoxy) is 2. The SMILES string of the molecule is COc1ccc(/C=N/NC(=O)c2nn(-c3ccc(C)c(C)c3)c(=O)c(C#N)c2C)cc1OC. The number of carbonyl (C=O) groups excluding carboxylic acids is 1. The molecule has 3 rings (SSSR count). The number of hydrogen-bond acceptors (Lipinski definition) is 7. The topological polar surface area (TPSA) is 119 Å². The van der Waals surface area contributed by atoms with Crippen molar-refractivity contribution in [2.45, 2.75) is 20.8 Å². The summed E-state index contributed by atoms with van der Waals surface area (Å²) >= 11 is 0. The van der Waals surface area contributed by atoms with Crippen molar-refractivity contribution in [1.29, 1.82) is 5.26 Å². The van der Waals surface area contributed by atoms with Gasteiger partial charge in [-0.2, -0.15) is 20.1 Å². The van der Waals surface area contributed by atoms with E-state index >= 15 is 0 Å². The van der Waals surface area contributed by atoms with Gasteiger partial charge in [0.25, 0.3) is 11.5 Å². The largest absolute Gasteiger partial charge is 0.493 e. The Hall–Kier alpha value is -4.45. The lowest BCUT2D eigenvalue weighted by molar-refractivity contribution is 0.0947. The average molecular weight is 445 g/mol. The number of hydrazone groups is 1. The summed E-state index contributed by atoms with van der Waals surface area (Å²) in [6.45, 7) is 5.35. The Bertz CT molecular complexity index is 1350. The fourth-order valence-corrected chi connectivity index (χ4v) is 3.14. The maximum absolute atomic E-state index is 12.8. The van der Waals surface area contributed by atoms with Crippen molar-refractivity contribution in [3.8, 4) is 23.3 Å². The molecule has 1 aromatic heterocycles. The van der Waals surface area contributed by atoms with E-state index in [0.717, 1.165) is 15.8 Å². The molecule has 9 heteroatoms. The second kappa shape index (κ2) is 9.78.